The van der Waals surface area contributed by atoms with Gasteiger partial charge in [-0.25, -0.2) is 9.89 Å². The van der Waals surface area contributed by atoms with Crippen LogP contribution in [-0.2, 0) is 13.0 Å². The Morgan fingerprint density at radius 3 is 2.54 bits per heavy atom. The number of hydrogen-bond acceptors (Lipinski definition) is 4. The zero-order valence-electron chi connectivity index (χ0n) is 13.2. The molecule has 3 rings (SSSR count). The quantitative estimate of drug-likeness (QED) is 0.554. The van der Waals surface area contributed by atoms with Crippen LogP contribution in [0.5, 0.6) is 5.75 Å². The van der Waals surface area contributed by atoms with Crippen LogP contribution in [0.2, 0.25) is 0 Å². The van der Waals surface area contributed by atoms with Gasteiger partial charge in [-0.05, 0) is 29.7 Å². The van der Waals surface area contributed by atoms with E-state index in [4.69, 9.17) is 17.0 Å². The SMILES string of the molecule is COc1ccc(CCn2c(C(=S)c3ccccc3)n[nH]c2=O)cc1. The molecule has 24 heavy (non-hydrogen) atoms. The molecule has 0 unspecified atom stereocenters. The predicted octanol–water partition coefficient (Wildman–Crippen LogP) is 2.59. The fourth-order valence-corrected chi connectivity index (χ4v) is 2.74. The molecule has 1 aromatic heterocycles. The van der Waals surface area contributed by atoms with Gasteiger partial charge in [0.15, 0.2) is 5.82 Å². The molecule has 0 aliphatic carbocycles. The lowest BCUT2D eigenvalue weighted by molar-refractivity contribution is 0.414. The number of nitrogens with zero attached hydrogens (tertiary/aromatic N) is 2. The third-order valence-electron chi connectivity index (χ3n) is 3.78. The molecule has 0 bridgehead atoms. The Hall–Kier alpha value is -2.73. The number of thiocarbonyl (C=S) groups is 1. The van der Waals surface area contributed by atoms with Gasteiger partial charge >= 0.3 is 5.69 Å². The average Bonchev–Trinajstić information content (AvgIpc) is 3.01. The number of H-pyrrole nitrogens is 1. The Morgan fingerprint density at radius 2 is 1.88 bits per heavy atom. The van der Waals surface area contributed by atoms with Crippen molar-refractivity contribution in [1.29, 1.82) is 0 Å². The van der Waals surface area contributed by atoms with Gasteiger partial charge in [-0.1, -0.05) is 54.7 Å². The van der Waals surface area contributed by atoms with E-state index in [1.807, 2.05) is 54.6 Å². The molecule has 122 valence electrons. The van der Waals surface area contributed by atoms with Gasteiger partial charge in [0.05, 0.1) is 12.0 Å². The maximum atomic E-state index is 12.1. The van der Waals surface area contributed by atoms with Crippen LogP contribution in [0.25, 0.3) is 0 Å². The zero-order valence-corrected chi connectivity index (χ0v) is 14.0. The standard InChI is InChI=1S/C18H17N3O2S/c1-23-15-9-7-13(8-10-15)11-12-21-17(19-20-18(21)22)16(24)14-5-3-2-4-6-14/h2-10H,11-12H2,1H3,(H,20,22). The number of aryl methyl sites for hydroxylation is 1. The van der Waals surface area contributed by atoms with E-state index in [1.165, 1.54) is 0 Å². The molecule has 0 amide bonds. The first-order valence-electron chi connectivity index (χ1n) is 7.57. The highest BCUT2D eigenvalue weighted by atomic mass is 32.1. The van der Waals surface area contributed by atoms with Gasteiger partial charge in [0.25, 0.3) is 0 Å². The Labute approximate surface area is 144 Å². The first-order valence-corrected chi connectivity index (χ1v) is 7.98. The fourth-order valence-electron chi connectivity index (χ4n) is 2.45. The van der Waals surface area contributed by atoms with Crippen LogP contribution in [0.15, 0.2) is 59.4 Å². The van der Waals surface area contributed by atoms with E-state index in [0.29, 0.717) is 23.7 Å². The summed E-state index contributed by atoms with van der Waals surface area (Å²) in [6.45, 7) is 0.504. The number of methoxy groups -OCH3 is 1. The Morgan fingerprint density at radius 1 is 1.17 bits per heavy atom. The number of aromatic amines is 1. The highest BCUT2D eigenvalue weighted by Crippen LogP contribution is 2.13. The van der Waals surface area contributed by atoms with Gasteiger partial charge in [-0.15, -0.1) is 0 Å². The molecule has 0 aliphatic heterocycles. The van der Waals surface area contributed by atoms with E-state index in [1.54, 1.807) is 11.7 Å². The molecular formula is C18H17N3O2S. The molecule has 0 saturated carbocycles. The molecule has 1 heterocycles. The molecule has 0 spiro atoms. The Kier molecular flexibility index (Phi) is 4.86. The minimum atomic E-state index is -0.253. The van der Waals surface area contributed by atoms with E-state index in [2.05, 4.69) is 10.2 Å². The lowest BCUT2D eigenvalue weighted by atomic mass is 10.1. The van der Waals surface area contributed by atoms with Crippen LogP contribution in [0.1, 0.15) is 17.0 Å². The summed E-state index contributed by atoms with van der Waals surface area (Å²) in [6, 6.07) is 17.4. The molecule has 3 aromatic rings. The second-order valence-corrected chi connectivity index (χ2v) is 5.71. The van der Waals surface area contributed by atoms with Crippen LogP contribution < -0.4 is 10.4 Å². The molecule has 0 atom stereocenters. The third-order valence-corrected chi connectivity index (χ3v) is 4.20. The lowest BCUT2D eigenvalue weighted by Gasteiger charge is -2.08. The van der Waals surface area contributed by atoms with Crippen molar-refractivity contribution in [1.82, 2.24) is 14.8 Å². The molecule has 2 aromatic carbocycles. The molecule has 0 saturated heterocycles. The van der Waals surface area contributed by atoms with Crippen LogP contribution in [0.3, 0.4) is 0 Å². The predicted molar refractivity (Wildman–Crippen MR) is 96.8 cm³/mol. The topological polar surface area (TPSA) is 59.9 Å². The normalized spacial score (nSPS) is 10.5. The summed E-state index contributed by atoms with van der Waals surface area (Å²) in [4.78, 5) is 12.6. The molecular weight excluding hydrogens is 322 g/mol. The maximum absolute atomic E-state index is 12.1. The van der Waals surface area contributed by atoms with E-state index in [9.17, 15) is 4.79 Å². The number of nitrogens with one attached hydrogen (secondary N) is 1. The summed E-state index contributed by atoms with van der Waals surface area (Å²) in [5.41, 5.74) is 1.73. The van der Waals surface area contributed by atoms with Gasteiger partial charge < -0.3 is 4.74 Å². The number of aromatic nitrogens is 3. The largest absolute Gasteiger partial charge is 0.497 e. The van der Waals surface area contributed by atoms with Gasteiger partial charge in [0, 0.05) is 6.54 Å². The van der Waals surface area contributed by atoms with Crippen molar-refractivity contribution in [3.05, 3.63) is 82.0 Å². The molecule has 1 N–H and O–H groups in total. The summed E-state index contributed by atoms with van der Waals surface area (Å²) < 4.78 is 6.73. The smallest absolute Gasteiger partial charge is 0.343 e. The van der Waals surface area contributed by atoms with Crippen LogP contribution in [0.4, 0.5) is 0 Å². The van der Waals surface area contributed by atoms with Crippen LogP contribution >= 0.6 is 12.2 Å². The summed E-state index contributed by atoms with van der Waals surface area (Å²) in [7, 11) is 1.64. The summed E-state index contributed by atoms with van der Waals surface area (Å²) in [6.07, 6.45) is 0.702. The molecule has 0 aliphatic rings. The van der Waals surface area contributed by atoms with Gasteiger partial charge in [-0.2, -0.15) is 5.10 Å². The summed E-state index contributed by atoms with van der Waals surface area (Å²) in [5.74, 6) is 1.31. The molecule has 0 radical (unpaired) electrons. The van der Waals surface area contributed by atoms with Gasteiger partial charge in [-0.3, -0.25) is 4.57 Å². The van der Waals surface area contributed by atoms with E-state index in [-0.39, 0.29) is 5.69 Å². The van der Waals surface area contributed by atoms with E-state index >= 15 is 0 Å². The Balaban J connectivity index is 1.80. The molecule has 5 nitrogen and oxygen atoms in total. The monoisotopic (exact) mass is 339 g/mol. The third kappa shape index (κ3) is 3.44. The first kappa shape index (κ1) is 16.1. The average molecular weight is 339 g/mol. The highest BCUT2D eigenvalue weighted by Gasteiger charge is 2.14. The number of benzene rings is 2. The number of ether oxygens (including phenoxy) is 1. The van der Waals surface area contributed by atoms with Gasteiger partial charge in [0.1, 0.15) is 5.75 Å². The fraction of sp³-hybridized carbons (Fsp3) is 0.167. The van der Waals surface area contributed by atoms with Crippen molar-refractivity contribution in [3.8, 4) is 5.75 Å². The van der Waals surface area contributed by atoms with Crippen molar-refractivity contribution >= 4 is 17.1 Å². The zero-order chi connectivity index (χ0) is 16.9. The maximum Gasteiger partial charge on any atom is 0.343 e. The van der Waals surface area contributed by atoms with Crippen molar-refractivity contribution in [2.45, 2.75) is 13.0 Å². The summed E-state index contributed by atoms with van der Waals surface area (Å²) >= 11 is 5.49. The van der Waals surface area contributed by atoms with Crippen LogP contribution in [0, 0.1) is 0 Å². The van der Waals surface area contributed by atoms with E-state index in [0.717, 1.165) is 16.9 Å². The lowest BCUT2D eigenvalue weighted by Crippen LogP contribution is -2.22. The minimum absolute atomic E-state index is 0.253. The van der Waals surface area contributed by atoms with Crippen LogP contribution in [-0.4, -0.2) is 26.7 Å². The van der Waals surface area contributed by atoms with Crippen molar-refractivity contribution < 1.29 is 4.74 Å². The van der Waals surface area contributed by atoms with Crippen molar-refractivity contribution in [2.24, 2.45) is 0 Å². The molecule has 6 heteroatoms. The Bertz CT molecular complexity index is 883. The first-order chi connectivity index (χ1) is 11.7. The number of hydrogen-bond donors (Lipinski definition) is 1. The van der Waals surface area contributed by atoms with E-state index < -0.39 is 0 Å². The summed E-state index contributed by atoms with van der Waals surface area (Å²) in [5, 5.41) is 6.59. The van der Waals surface area contributed by atoms with Crippen molar-refractivity contribution in [3.63, 3.8) is 0 Å². The second-order valence-electron chi connectivity index (χ2n) is 5.30. The van der Waals surface area contributed by atoms with Gasteiger partial charge in [0.2, 0.25) is 0 Å². The number of rotatable bonds is 6. The van der Waals surface area contributed by atoms with Crippen molar-refractivity contribution in [2.75, 3.05) is 7.11 Å². The molecule has 0 fully saturated rings. The second kappa shape index (κ2) is 7.23. The minimum Gasteiger partial charge on any atom is -0.497 e. The highest BCUT2D eigenvalue weighted by molar-refractivity contribution is 7.81.